The van der Waals surface area contributed by atoms with Gasteiger partial charge in [-0.25, -0.2) is 0 Å². The minimum absolute atomic E-state index is 0.0578. The second kappa shape index (κ2) is 9.19. The molecule has 2 aliphatic rings. The number of nitrogens with zero attached hydrogens (tertiary/aromatic N) is 1. The summed E-state index contributed by atoms with van der Waals surface area (Å²) in [5, 5.41) is 1.61. The topological polar surface area (TPSA) is 29.3 Å². The van der Waals surface area contributed by atoms with E-state index in [1.54, 1.807) is 0 Å². The molecule has 0 radical (unpaired) electrons. The first-order valence-corrected chi connectivity index (χ1v) is 12.4. The molecular formula is C28H30Cl2N2. The first-order chi connectivity index (χ1) is 15.6. The summed E-state index contributed by atoms with van der Waals surface area (Å²) in [5.74, 6) is 0. The van der Waals surface area contributed by atoms with Gasteiger partial charge >= 0.3 is 0 Å². The van der Waals surface area contributed by atoms with Crippen molar-refractivity contribution in [1.82, 2.24) is 4.90 Å². The van der Waals surface area contributed by atoms with Crippen LogP contribution < -0.4 is 5.73 Å². The highest BCUT2D eigenvalue weighted by atomic mass is 35.5. The van der Waals surface area contributed by atoms with Crippen molar-refractivity contribution in [3.8, 4) is 0 Å². The Morgan fingerprint density at radius 3 is 1.78 bits per heavy atom. The zero-order valence-electron chi connectivity index (χ0n) is 18.3. The average Bonchev–Trinajstić information content (AvgIpc) is 3.07. The summed E-state index contributed by atoms with van der Waals surface area (Å²) < 4.78 is 0. The van der Waals surface area contributed by atoms with Gasteiger partial charge in [-0.15, -0.1) is 0 Å². The molecular weight excluding hydrogens is 435 g/mol. The van der Waals surface area contributed by atoms with Gasteiger partial charge in [0.15, 0.2) is 0 Å². The smallest absolute Gasteiger partial charge is 0.0636 e. The van der Waals surface area contributed by atoms with Crippen molar-refractivity contribution in [1.29, 1.82) is 0 Å². The number of nitrogens with two attached hydrogens (primary N) is 1. The molecule has 0 amide bonds. The molecule has 1 unspecified atom stereocenters. The number of piperidine rings is 1. The van der Waals surface area contributed by atoms with E-state index < -0.39 is 0 Å². The van der Waals surface area contributed by atoms with Gasteiger partial charge in [-0.3, -0.25) is 4.90 Å². The Labute approximate surface area is 201 Å². The molecule has 3 atom stereocenters. The molecule has 2 saturated heterocycles. The minimum atomic E-state index is 0.0578. The Hall–Kier alpha value is -1.84. The van der Waals surface area contributed by atoms with Gasteiger partial charge in [-0.05, 0) is 72.9 Å². The van der Waals surface area contributed by atoms with Gasteiger partial charge in [0, 0.05) is 22.1 Å². The predicted octanol–water partition coefficient (Wildman–Crippen LogP) is 6.90. The van der Waals surface area contributed by atoms with Crippen LogP contribution in [0.25, 0.3) is 0 Å². The third-order valence-corrected chi connectivity index (χ3v) is 8.25. The van der Waals surface area contributed by atoms with Crippen molar-refractivity contribution in [2.75, 3.05) is 6.54 Å². The molecule has 4 heteroatoms. The van der Waals surface area contributed by atoms with Gasteiger partial charge in [-0.1, -0.05) is 89.9 Å². The molecule has 0 aromatic heterocycles. The van der Waals surface area contributed by atoms with Crippen LogP contribution in [-0.2, 0) is 6.42 Å². The van der Waals surface area contributed by atoms with Crippen LogP contribution >= 0.6 is 23.2 Å². The predicted molar refractivity (Wildman–Crippen MR) is 134 cm³/mol. The fourth-order valence-electron chi connectivity index (χ4n) is 6.20. The Morgan fingerprint density at radius 1 is 0.781 bits per heavy atom. The number of rotatable bonds is 6. The standard InChI is InChI=1S/C28H30Cl2N2/c29-25-12-6-4-10-23(25)27(24-11-5-7-13-26(24)30)32-21-14-15-22(32)18-28(17-21,19-31)16-20-8-2-1-3-9-20/h1-13,21-22,27H,14-19,31H2/t21-,22+,28?. The summed E-state index contributed by atoms with van der Waals surface area (Å²) in [7, 11) is 0. The van der Waals surface area contributed by atoms with E-state index in [-0.39, 0.29) is 11.5 Å². The summed E-state index contributed by atoms with van der Waals surface area (Å²) in [6.07, 6.45) is 5.67. The van der Waals surface area contributed by atoms with Crippen LogP contribution in [0.2, 0.25) is 10.0 Å². The Balaban J connectivity index is 1.52. The monoisotopic (exact) mass is 464 g/mol. The molecule has 5 rings (SSSR count). The quantitative estimate of drug-likeness (QED) is 0.429. The number of fused-ring (bicyclic) bond motifs is 2. The van der Waals surface area contributed by atoms with Crippen molar-refractivity contribution in [3.63, 3.8) is 0 Å². The molecule has 2 fully saturated rings. The molecule has 2 aliphatic heterocycles. The van der Waals surface area contributed by atoms with E-state index in [9.17, 15) is 0 Å². The summed E-state index contributed by atoms with van der Waals surface area (Å²) in [5.41, 5.74) is 10.3. The van der Waals surface area contributed by atoms with Crippen LogP contribution in [0.3, 0.4) is 0 Å². The largest absolute Gasteiger partial charge is 0.330 e. The number of benzene rings is 3. The Morgan fingerprint density at radius 2 is 1.28 bits per heavy atom. The highest BCUT2D eigenvalue weighted by molar-refractivity contribution is 6.32. The molecule has 2 heterocycles. The minimum Gasteiger partial charge on any atom is -0.330 e. The van der Waals surface area contributed by atoms with Crippen LogP contribution in [0.1, 0.15) is 48.4 Å². The van der Waals surface area contributed by atoms with Gasteiger partial charge in [0.05, 0.1) is 6.04 Å². The van der Waals surface area contributed by atoms with Crippen molar-refractivity contribution < 1.29 is 0 Å². The fraction of sp³-hybridized carbons (Fsp3) is 0.357. The molecule has 32 heavy (non-hydrogen) atoms. The fourth-order valence-corrected chi connectivity index (χ4v) is 6.67. The van der Waals surface area contributed by atoms with E-state index >= 15 is 0 Å². The highest BCUT2D eigenvalue weighted by Gasteiger charge is 2.50. The summed E-state index contributed by atoms with van der Waals surface area (Å²) >= 11 is 13.5. The van der Waals surface area contributed by atoms with E-state index in [4.69, 9.17) is 28.9 Å². The lowest BCUT2D eigenvalue weighted by atomic mass is 9.70. The summed E-state index contributed by atoms with van der Waals surface area (Å²) in [4.78, 5) is 2.71. The van der Waals surface area contributed by atoms with Crippen LogP contribution in [0.4, 0.5) is 0 Å². The Kier molecular flexibility index (Phi) is 6.31. The highest BCUT2D eigenvalue weighted by Crippen LogP contribution is 2.52. The van der Waals surface area contributed by atoms with Crippen LogP contribution in [0.15, 0.2) is 78.9 Å². The van der Waals surface area contributed by atoms with Crippen molar-refractivity contribution in [2.45, 2.75) is 50.2 Å². The normalized spacial score (nSPS) is 25.4. The van der Waals surface area contributed by atoms with Gasteiger partial charge in [0.25, 0.3) is 0 Å². The van der Waals surface area contributed by atoms with Crippen LogP contribution in [0, 0.1) is 5.41 Å². The molecule has 3 aromatic rings. The third kappa shape index (κ3) is 4.10. The second-order valence-electron chi connectivity index (χ2n) is 9.55. The van der Waals surface area contributed by atoms with E-state index in [2.05, 4.69) is 59.5 Å². The van der Waals surface area contributed by atoms with E-state index in [1.165, 1.54) is 18.4 Å². The lowest BCUT2D eigenvalue weighted by molar-refractivity contribution is 0.0250. The maximum atomic E-state index is 6.76. The molecule has 3 aromatic carbocycles. The maximum Gasteiger partial charge on any atom is 0.0636 e. The van der Waals surface area contributed by atoms with Gasteiger partial charge < -0.3 is 5.73 Å². The van der Waals surface area contributed by atoms with Gasteiger partial charge in [0.1, 0.15) is 0 Å². The number of halogens is 2. The molecule has 0 saturated carbocycles. The first-order valence-electron chi connectivity index (χ1n) is 11.6. The van der Waals surface area contributed by atoms with Crippen molar-refractivity contribution >= 4 is 23.2 Å². The number of hydrogen-bond acceptors (Lipinski definition) is 2. The first kappa shape index (κ1) is 22.0. The SMILES string of the molecule is NCC1(Cc2ccccc2)C[C@H]2CC[C@@H](C1)N2C(c1ccccc1Cl)c1ccccc1Cl. The molecule has 0 aliphatic carbocycles. The van der Waals surface area contributed by atoms with E-state index in [0.717, 1.165) is 47.0 Å². The van der Waals surface area contributed by atoms with Crippen LogP contribution in [0.5, 0.6) is 0 Å². The third-order valence-electron chi connectivity index (χ3n) is 7.57. The molecule has 2 nitrogen and oxygen atoms in total. The Bertz CT molecular complexity index is 1010. The van der Waals surface area contributed by atoms with E-state index in [0.29, 0.717) is 12.1 Å². The van der Waals surface area contributed by atoms with E-state index in [1.807, 2.05) is 24.3 Å². The molecule has 166 valence electrons. The average molecular weight is 465 g/mol. The lowest BCUT2D eigenvalue weighted by Crippen LogP contribution is -2.52. The number of hydrogen-bond donors (Lipinski definition) is 1. The van der Waals surface area contributed by atoms with Gasteiger partial charge in [-0.2, -0.15) is 0 Å². The van der Waals surface area contributed by atoms with Crippen LogP contribution in [-0.4, -0.2) is 23.5 Å². The molecule has 2 N–H and O–H groups in total. The summed E-state index contributed by atoms with van der Waals surface area (Å²) in [6.45, 7) is 0.728. The van der Waals surface area contributed by atoms with Crippen molar-refractivity contribution in [2.24, 2.45) is 11.1 Å². The lowest BCUT2D eigenvalue weighted by Gasteiger charge is -2.49. The maximum absolute atomic E-state index is 6.76. The summed E-state index contributed by atoms with van der Waals surface area (Å²) in [6, 6.07) is 28.3. The van der Waals surface area contributed by atoms with Crippen molar-refractivity contribution in [3.05, 3.63) is 106 Å². The zero-order valence-corrected chi connectivity index (χ0v) is 19.8. The van der Waals surface area contributed by atoms with Gasteiger partial charge in [0.2, 0.25) is 0 Å². The molecule has 0 spiro atoms. The zero-order chi connectivity index (χ0) is 22.1. The molecule has 2 bridgehead atoms. The second-order valence-corrected chi connectivity index (χ2v) is 10.4.